The maximum atomic E-state index is 11.1. The van der Waals surface area contributed by atoms with Crippen molar-refractivity contribution in [2.45, 2.75) is 19.3 Å². The van der Waals surface area contributed by atoms with Crippen molar-refractivity contribution in [2.24, 2.45) is 0 Å². The summed E-state index contributed by atoms with van der Waals surface area (Å²) in [4.78, 5) is 13.2. The number of nitrogens with zero attached hydrogens (tertiary/aromatic N) is 1. The lowest BCUT2D eigenvalue weighted by atomic mass is 9.84. The van der Waals surface area contributed by atoms with E-state index < -0.39 is 5.24 Å². The summed E-state index contributed by atoms with van der Waals surface area (Å²) in [5.41, 5.74) is 3.62. The number of allylic oxidation sites excluding steroid dienone is 1. The molecule has 16 heavy (non-hydrogen) atoms. The largest absolute Gasteiger partial charge is 0.348 e. The third kappa shape index (κ3) is 1.37. The average molecular weight is 236 g/mol. The molecule has 0 amide bonds. The molecule has 2 nitrogen and oxygen atoms in total. The van der Waals surface area contributed by atoms with Crippen LogP contribution in [0, 0.1) is 0 Å². The topological polar surface area (TPSA) is 20.3 Å². The van der Waals surface area contributed by atoms with E-state index in [1.165, 1.54) is 0 Å². The van der Waals surface area contributed by atoms with E-state index in [4.69, 9.17) is 11.6 Å². The fourth-order valence-electron chi connectivity index (χ4n) is 2.17. The van der Waals surface area contributed by atoms with Crippen LogP contribution in [0.1, 0.15) is 29.8 Å². The van der Waals surface area contributed by atoms with Crippen LogP contribution in [0.15, 0.2) is 30.5 Å². The summed E-state index contributed by atoms with van der Waals surface area (Å²) in [6.07, 6.45) is 0. The Morgan fingerprint density at radius 1 is 1.44 bits per heavy atom. The van der Waals surface area contributed by atoms with Crippen LogP contribution in [-0.4, -0.2) is 12.3 Å². The van der Waals surface area contributed by atoms with Crippen LogP contribution < -0.4 is 4.90 Å². The van der Waals surface area contributed by atoms with E-state index in [1.54, 1.807) is 6.07 Å². The highest BCUT2D eigenvalue weighted by atomic mass is 35.5. The maximum absolute atomic E-state index is 11.1. The number of benzene rings is 1. The molecule has 1 aliphatic heterocycles. The number of fused-ring (bicyclic) bond motifs is 1. The van der Waals surface area contributed by atoms with Gasteiger partial charge in [-0.1, -0.05) is 20.4 Å². The van der Waals surface area contributed by atoms with Gasteiger partial charge in [-0.3, -0.25) is 4.79 Å². The van der Waals surface area contributed by atoms with Crippen LogP contribution in [0.5, 0.6) is 0 Å². The summed E-state index contributed by atoms with van der Waals surface area (Å²) in [7, 11) is 1.98. The molecular weight excluding hydrogens is 222 g/mol. The first kappa shape index (κ1) is 11.2. The van der Waals surface area contributed by atoms with Gasteiger partial charge in [0, 0.05) is 29.4 Å². The Balaban J connectivity index is 2.65. The van der Waals surface area contributed by atoms with Crippen LogP contribution in [0.2, 0.25) is 0 Å². The van der Waals surface area contributed by atoms with E-state index in [-0.39, 0.29) is 5.41 Å². The fourth-order valence-corrected chi connectivity index (χ4v) is 2.29. The Kier molecular flexibility index (Phi) is 2.35. The van der Waals surface area contributed by atoms with E-state index in [2.05, 4.69) is 25.3 Å². The molecule has 0 radical (unpaired) electrons. The summed E-state index contributed by atoms with van der Waals surface area (Å²) < 4.78 is 0. The van der Waals surface area contributed by atoms with Crippen molar-refractivity contribution in [3.63, 3.8) is 0 Å². The highest BCUT2D eigenvalue weighted by Crippen LogP contribution is 2.46. The number of hydrogen-bond acceptors (Lipinski definition) is 2. The molecule has 0 aromatic heterocycles. The monoisotopic (exact) mass is 235 g/mol. The molecule has 0 saturated heterocycles. The second-order valence-electron chi connectivity index (χ2n) is 4.64. The molecule has 1 aliphatic rings. The lowest BCUT2D eigenvalue weighted by Crippen LogP contribution is -2.21. The number of anilines is 1. The van der Waals surface area contributed by atoms with E-state index in [0.717, 1.165) is 16.9 Å². The number of carbonyl (C=O) groups excluding carboxylic acids is 1. The van der Waals surface area contributed by atoms with Crippen LogP contribution >= 0.6 is 11.6 Å². The van der Waals surface area contributed by atoms with Crippen molar-refractivity contribution < 1.29 is 4.79 Å². The first-order chi connectivity index (χ1) is 7.35. The molecular formula is C13H14ClNO. The second kappa shape index (κ2) is 3.36. The highest BCUT2D eigenvalue weighted by Gasteiger charge is 2.37. The average Bonchev–Trinajstić information content (AvgIpc) is 2.40. The summed E-state index contributed by atoms with van der Waals surface area (Å²) in [5.74, 6) is 0. The highest BCUT2D eigenvalue weighted by molar-refractivity contribution is 6.67. The van der Waals surface area contributed by atoms with Crippen LogP contribution in [0.4, 0.5) is 5.69 Å². The predicted octanol–water partition coefficient (Wildman–Crippen LogP) is 3.31. The molecule has 1 aromatic carbocycles. The molecule has 1 aromatic rings. The number of carbonyl (C=O) groups is 1. The van der Waals surface area contributed by atoms with Crippen LogP contribution in [-0.2, 0) is 5.41 Å². The molecule has 0 aliphatic carbocycles. The molecule has 3 heteroatoms. The van der Waals surface area contributed by atoms with Crippen molar-refractivity contribution in [2.75, 3.05) is 11.9 Å². The van der Waals surface area contributed by atoms with E-state index >= 15 is 0 Å². The van der Waals surface area contributed by atoms with E-state index in [9.17, 15) is 4.79 Å². The molecule has 1 heterocycles. The van der Waals surface area contributed by atoms with Gasteiger partial charge in [0.1, 0.15) is 0 Å². The number of rotatable bonds is 1. The third-order valence-corrected chi connectivity index (χ3v) is 3.60. The van der Waals surface area contributed by atoms with Gasteiger partial charge in [-0.05, 0) is 35.4 Å². The van der Waals surface area contributed by atoms with Gasteiger partial charge in [-0.2, -0.15) is 0 Å². The van der Waals surface area contributed by atoms with Gasteiger partial charge in [0.25, 0.3) is 5.24 Å². The van der Waals surface area contributed by atoms with Crippen molar-refractivity contribution in [1.82, 2.24) is 0 Å². The van der Waals surface area contributed by atoms with Crippen LogP contribution in [0.25, 0.3) is 0 Å². The van der Waals surface area contributed by atoms with Gasteiger partial charge in [-0.15, -0.1) is 0 Å². The van der Waals surface area contributed by atoms with Crippen LogP contribution in [0.3, 0.4) is 0 Å². The minimum atomic E-state index is -0.418. The summed E-state index contributed by atoms with van der Waals surface area (Å²) in [6.45, 7) is 8.28. The molecule has 2 rings (SSSR count). The number of likely N-dealkylation sites (N-methyl/N-ethyl adjacent to an activating group) is 1. The molecule has 0 spiro atoms. The van der Waals surface area contributed by atoms with Gasteiger partial charge in [0.2, 0.25) is 0 Å². The smallest absolute Gasteiger partial charge is 0.252 e. The summed E-state index contributed by atoms with van der Waals surface area (Å²) in [6, 6.07) is 5.53. The molecule has 0 saturated carbocycles. The Hall–Kier alpha value is -1.28. The first-order valence-electron chi connectivity index (χ1n) is 5.13. The molecule has 0 fully saturated rings. The zero-order valence-corrected chi connectivity index (χ0v) is 10.4. The normalized spacial score (nSPS) is 17.5. The molecule has 0 N–H and O–H groups in total. The fraction of sp³-hybridized carbons (Fsp3) is 0.308. The van der Waals surface area contributed by atoms with Crippen molar-refractivity contribution in [1.29, 1.82) is 0 Å². The summed E-state index contributed by atoms with van der Waals surface area (Å²) in [5, 5.41) is -0.418. The van der Waals surface area contributed by atoms with E-state index in [1.807, 2.05) is 19.2 Å². The van der Waals surface area contributed by atoms with Crippen molar-refractivity contribution >= 4 is 22.5 Å². The van der Waals surface area contributed by atoms with E-state index in [0.29, 0.717) is 5.56 Å². The van der Waals surface area contributed by atoms with Crippen molar-refractivity contribution in [3.8, 4) is 0 Å². The lowest BCUT2D eigenvalue weighted by molar-refractivity contribution is 0.108. The predicted molar refractivity (Wildman–Crippen MR) is 67.2 cm³/mol. The van der Waals surface area contributed by atoms with Gasteiger partial charge in [-0.25, -0.2) is 0 Å². The SMILES string of the molecule is C=C1N(C)c2ccc(C(=O)Cl)cc2C1(C)C. The molecule has 0 atom stereocenters. The zero-order chi connectivity index (χ0) is 12.1. The van der Waals surface area contributed by atoms with Crippen molar-refractivity contribution in [3.05, 3.63) is 41.6 Å². The molecule has 84 valence electrons. The zero-order valence-electron chi connectivity index (χ0n) is 9.67. The minimum absolute atomic E-state index is 0.146. The minimum Gasteiger partial charge on any atom is -0.348 e. The quantitative estimate of drug-likeness (QED) is 0.696. The van der Waals surface area contributed by atoms with Gasteiger partial charge < -0.3 is 4.90 Å². The van der Waals surface area contributed by atoms with Gasteiger partial charge in [0.15, 0.2) is 0 Å². The Morgan fingerprint density at radius 3 is 2.62 bits per heavy atom. The first-order valence-corrected chi connectivity index (χ1v) is 5.51. The standard InChI is InChI=1S/C13H14ClNO/c1-8-13(2,3)10-7-9(12(14)16)5-6-11(10)15(8)4/h5-7H,1H2,2-4H3. The summed E-state index contributed by atoms with van der Waals surface area (Å²) >= 11 is 5.50. The molecule has 0 unspecified atom stereocenters. The lowest BCUT2D eigenvalue weighted by Gasteiger charge is -2.22. The number of hydrogen-bond donors (Lipinski definition) is 0. The molecule has 0 bridgehead atoms. The Morgan fingerprint density at radius 2 is 2.06 bits per heavy atom. The Bertz CT molecular complexity index is 491. The maximum Gasteiger partial charge on any atom is 0.252 e. The van der Waals surface area contributed by atoms with Gasteiger partial charge in [0.05, 0.1) is 0 Å². The van der Waals surface area contributed by atoms with Gasteiger partial charge >= 0.3 is 0 Å². The Labute approximate surface area is 101 Å². The number of halogens is 1. The third-order valence-electron chi connectivity index (χ3n) is 3.38. The second-order valence-corrected chi connectivity index (χ2v) is 4.98.